The molecule has 0 amide bonds. The fraction of sp³-hybridized carbons (Fsp3) is 0.500. The summed E-state index contributed by atoms with van der Waals surface area (Å²) in [7, 11) is 0. The van der Waals surface area contributed by atoms with Crippen LogP contribution in [0.3, 0.4) is 0 Å². The Kier molecular flexibility index (Phi) is 3.93. The molecule has 0 spiro atoms. The van der Waals surface area contributed by atoms with Crippen molar-refractivity contribution in [3.63, 3.8) is 0 Å². The van der Waals surface area contributed by atoms with Crippen molar-refractivity contribution in [2.45, 2.75) is 18.9 Å². The Morgan fingerprint density at radius 1 is 1.41 bits per heavy atom. The molecule has 5 heteroatoms. The van der Waals surface area contributed by atoms with Gasteiger partial charge >= 0.3 is 5.97 Å². The largest absolute Gasteiger partial charge is 0.480 e. The number of carboxylic acid groups (broad SMARTS) is 1. The molecule has 2 heterocycles. The van der Waals surface area contributed by atoms with Gasteiger partial charge in [-0.05, 0) is 25.0 Å². The number of aromatic nitrogens is 1. The van der Waals surface area contributed by atoms with Crippen molar-refractivity contribution in [3.05, 3.63) is 24.5 Å². The molecule has 0 saturated carbocycles. The van der Waals surface area contributed by atoms with E-state index >= 15 is 0 Å². The first-order valence-corrected chi connectivity index (χ1v) is 5.74. The number of rotatable bonds is 4. The smallest absolute Gasteiger partial charge is 0.329 e. The summed E-state index contributed by atoms with van der Waals surface area (Å²) >= 11 is 0. The Labute approximate surface area is 100 Å². The molecule has 2 rings (SSSR count). The van der Waals surface area contributed by atoms with Crippen LogP contribution in [0.2, 0.25) is 0 Å². The summed E-state index contributed by atoms with van der Waals surface area (Å²) in [6.07, 6.45) is 5.37. The minimum Gasteiger partial charge on any atom is -0.480 e. The highest BCUT2D eigenvalue weighted by Crippen LogP contribution is 2.20. The molecule has 0 atom stereocenters. The Balaban J connectivity index is 1.80. The van der Waals surface area contributed by atoms with Crippen molar-refractivity contribution in [2.75, 3.05) is 24.6 Å². The van der Waals surface area contributed by atoms with Crippen LogP contribution in [0.1, 0.15) is 12.8 Å². The third kappa shape index (κ3) is 3.42. The molecule has 0 bridgehead atoms. The normalized spacial score (nSPS) is 17.1. The zero-order chi connectivity index (χ0) is 12.1. The number of pyridine rings is 1. The van der Waals surface area contributed by atoms with Gasteiger partial charge in [0.25, 0.3) is 0 Å². The zero-order valence-electron chi connectivity index (χ0n) is 9.58. The summed E-state index contributed by atoms with van der Waals surface area (Å²) in [5, 5.41) is 8.53. The van der Waals surface area contributed by atoms with E-state index in [-0.39, 0.29) is 12.7 Å². The predicted octanol–water partition coefficient (Wildman–Crippen LogP) is 1.15. The Hall–Kier alpha value is -1.62. The van der Waals surface area contributed by atoms with E-state index in [2.05, 4.69) is 9.88 Å². The molecule has 1 aromatic heterocycles. The maximum absolute atomic E-state index is 10.4. The number of nitrogens with zero attached hydrogens (tertiary/aromatic N) is 2. The van der Waals surface area contributed by atoms with Gasteiger partial charge in [0.2, 0.25) is 0 Å². The highest BCUT2D eigenvalue weighted by atomic mass is 16.5. The number of hydrogen-bond donors (Lipinski definition) is 1. The second-order valence-electron chi connectivity index (χ2n) is 4.10. The molecule has 5 nitrogen and oxygen atoms in total. The molecule has 0 radical (unpaired) electrons. The average molecular weight is 236 g/mol. The molecule has 1 aliphatic rings. The summed E-state index contributed by atoms with van der Waals surface area (Å²) < 4.78 is 5.29. The Morgan fingerprint density at radius 3 is 2.65 bits per heavy atom. The van der Waals surface area contributed by atoms with Gasteiger partial charge in [-0.1, -0.05) is 0 Å². The van der Waals surface area contributed by atoms with Gasteiger partial charge in [-0.25, -0.2) is 4.79 Å². The van der Waals surface area contributed by atoms with Gasteiger partial charge in [-0.3, -0.25) is 4.98 Å². The second-order valence-corrected chi connectivity index (χ2v) is 4.10. The molecule has 1 N–H and O–H groups in total. The van der Waals surface area contributed by atoms with E-state index in [1.807, 2.05) is 12.1 Å². The van der Waals surface area contributed by atoms with Crippen molar-refractivity contribution >= 4 is 11.7 Å². The van der Waals surface area contributed by atoms with Gasteiger partial charge in [0.15, 0.2) is 0 Å². The third-order valence-corrected chi connectivity index (χ3v) is 2.91. The van der Waals surface area contributed by atoms with E-state index in [9.17, 15) is 4.79 Å². The monoisotopic (exact) mass is 236 g/mol. The second kappa shape index (κ2) is 5.63. The summed E-state index contributed by atoms with van der Waals surface area (Å²) in [5.41, 5.74) is 1.16. The third-order valence-electron chi connectivity index (χ3n) is 2.91. The van der Waals surface area contributed by atoms with Gasteiger partial charge < -0.3 is 14.7 Å². The summed E-state index contributed by atoms with van der Waals surface area (Å²) in [5.74, 6) is -0.901. The van der Waals surface area contributed by atoms with Crippen LogP contribution in [0.5, 0.6) is 0 Å². The summed E-state index contributed by atoms with van der Waals surface area (Å²) in [6, 6.07) is 3.97. The average Bonchev–Trinajstić information content (AvgIpc) is 2.38. The van der Waals surface area contributed by atoms with Gasteiger partial charge in [0, 0.05) is 31.2 Å². The number of aliphatic carboxylic acids is 1. The molecule has 0 aliphatic carbocycles. The fourth-order valence-corrected chi connectivity index (χ4v) is 2.02. The van der Waals surface area contributed by atoms with Crippen molar-refractivity contribution in [1.82, 2.24) is 4.98 Å². The molecule has 0 unspecified atom stereocenters. The highest BCUT2D eigenvalue weighted by molar-refractivity contribution is 5.68. The van der Waals surface area contributed by atoms with Crippen molar-refractivity contribution in [1.29, 1.82) is 0 Å². The molecule has 1 aliphatic heterocycles. The highest BCUT2D eigenvalue weighted by Gasteiger charge is 2.20. The van der Waals surface area contributed by atoms with E-state index in [1.165, 1.54) is 0 Å². The number of anilines is 1. The molecule has 1 saturated heterocycles. The first-order chi connectivity index (χ1) is 8.25. The van der Waals surface area contributed by atoms with Crippen LogP contribution in [-0.4, -0.2) is 41.9 Å². The molecular weight excluding hydrogens is 220 g/mol. The van der Waals surface area contributed by atoms with E-state index in [0.717, 1.165) is 31.6 Å². The van der Waals surface area contributed by atoms with Crippen LogP contribution in [0.15, 0.2) is 24.5 Å². The van der Waals surface area contributed by atoms with Crippen LogP contribution in [0.4, 0.5) is 5.69 Å². The summed E-state index contributed by atoms with van der Waals surface area (Å²) in [6.45, 7) is 1.60. The van der Waals surface area contributed by atoms with Crippen LogP contribution in [-0.2, 0) is 9.53 Å². The topological polar surface area (TPSA) is 62.7 Å². The standard InChI is InChI=1S/C12H16N2O3/c15-12(16)9-17-11-3-7-14(8-4-11)10-1-5-13-6-2-10/h1-2,5-6,11H,3-4,7-9H2,(H,15,16). The van der Waals surface area contributed by atoms with Gasteiger partial charge in [-0.2, -0.15) is 0 Å². The lowest BCUT2D eigenvalue weighted by Crippen LogP contribution is -2.37. The lowest BCUT2D eigenvalue weighted by atomic mass is 10.1. The Morgan fingerprint density at radius 2 is 2.06 bits per heavy atom. The predicted molar refractivity (Wildman–Crippen MR) is 63.1 cm³/mol. The minimum atomic E-state index is -0.901. The molecular formula is C12H16N2O3. The molecule has 0 aromatic carbocycles. The molecule has 1 aromatic rings. The first-order valence-electron chi connectivity index (χ1n) is 5.74. The van der Waals surface area contributed by atoms with Gasteiger partial charge in [-0.15, -0.1) is 0 Å². The van der Waals surface area contributed by atoms with E-state index in [1.54, 1.807) is 12.4 Å². The fourth-order valence-electron chi connectivity index (χ4n) is 2.02. The maximum Gasteiger partial charge on any atom is 0.329 e. The van der Waals surface area contributed by atoms with E-state index < -0.39 is 5.97 Å². The SMILES string of the molecule is O=C(O)COC1CCN(c2ccncc2)CC1. The van der Waals surface area contributed by atoms with Crippen molar-refractivity contribution in [2.24, 2.45) is 0 Å². The lowest BCUT2D eigenvalue weighted by Gasteiger charge is -2.33. The van der Waals surface area contributed by atoms with Crippen LogP contribution >= 0.6 is 0 Å². The van der Waals surface area contributed by atoms with Crippen LogP contribution < -0.4 is 4.90 Å². The van der Waals surface area contributed by atoms with Crippen LogP contribution in [0, 0.1) is 0 Å². The quantitative estimate of drug-likeness (QED) is 0.849. The number of carboxylic acids is 1. The van der Waals surface area contributed by atoms with E-state index in [0.29, 0.717) is 0 Å². The Bertz CT molecular complexity index is 361. The van der Waals surface area contributed by atoms with E-state index in [4.69, 9.17) is 9.84 Å². The number of piperidine rings is 1. The first kappa shape index (κ1) is 11.9. The number of ether oxygens (including phenoxy) is 1. The van der Waals surface area contributed by atoms with Gasteiger partial charge in [0.1, 0.15) is 6.61 Å². The molecule has 17 heavy (non-hydrogen) atoms. The minimum absolute atomic E-state index is 0.0733. The van der Waals surface area contributed by atoms with Gasteiger partial charge in [0.05, 0.1) is 6.10 Å². The lowest BCUT2D eigenvalue weighted by molar-refractivity contribution is -0.144. The van der Waals surface area contributed by atoms with Crippen LogP contribution in [0.25, 0.3) is 0 Å². The molecule has 1 fully saturated rings. The molecule has 92 valence electrons. The zero-order valence-corrected chi connectivity index (χ0v) is 9.58. The van der Waals surface area contributed by atoms with Crippen molar-refractivity contribution < 1.29 is 14.6 Å². The number of carbonyl (C=O) groups is 1. The maximum atomic E-state index is 10.4. The summed E-state index contributed by atoms with van der Waals surface area (Å²) in [4.78, 5) is 16.6. The van der Waals surface area contributed by atoms with Crippen molar-refractivity contribution in [3.8, 4) is 0 Å². The number of hydrogen-bond acceptors (Lipinski definition) is 4.